The van der Waals surface area contributed by atoms with Crippen LogP contribution in [0.15, 0.2) is 25.3 Å². The lowest BCUT2D eigenvalue weighted by Crippen LogP contribution is -2.29. The summed E-state index contributed by atoms with van der Waals surface area (Å²) in [6.07, 6.45) is 1.03. The lowest BCUT2D eigenvalue weighted by Gasteiger charge is -2.12. The summed E-state index contributed by atoms with van der Waals surface area (Å²) in [6.45, 7) is 6.77. The average Bonchev–Trinajstić information content (AvgIpc) is 2.32. The minimum Gasteiger partial charge on any atom is -0.461 e. The zero-order valence-corrected chi connectivity index (χ0v) is 9.29. The van der Waals surface area contributed by atoms with Crippen molar-refractivity contribution in [2.24, 2.45) is 0 Å². The normalized spacial score (nSPS) is 10.8. The third kappa shape index (κ3) is 6.88. The Kier molecular flexibility index (Phi) is 8.01. The fraction of sp³-hybridized carbons (Fsp3) is 0.364. The highest BCUT2D eigenvalue weighted by Gasteiger charge is 2.25. The first-order valence-corrected chi connectivity index (χ1v) is 4.78. The number of carbonyl (C=O) groups is 3. The fourth-order valence-corrected chi connectivity index (χ4v) is 0.850. The lowest BCUT2D eigenvalue weighted by molar-refractivity contribution is -0.165. The Labute approximate surface area is 98.8 Å². The Bertz CT molecular complexity index is 296. The van der Waals surface area contributed by atoms with Gasteiger partial charge in [-0.15, -0.1) is 0 Å². The molecule has 0 aromatic rings. The third-order valence-electron chi connectivity index (χ3n) is 1.54. The SMILES string of the molecule is C=CCOC(=O)CC(OC=O)C(=O)OCC=C. The molecule has 94 valence electrons. The van der Waals surface area contributed by atoms with Crippen molar-refractivity contribution >= 4 is 18.4 Å². The predicted molar refractivity (Wildman–Crippen MR) is 57.9 cm³/mol. The number of ether oxygens (including phenoxy) is 3. The quantitative estimate of drug-likeness (QED) is 0.252. The topological polar surface area (TPSA) is 78.9 Å². The van der Waals surface area contributed by atoms with Crippen molar-refractivity contribution in [3.8, 4) is 0 Å². The molecular formula is C11H14O6. The Morgan fingerprint density at radius 3 is 2.24 bits per heavy atom. The van der Waals surface area contributed by atoms with Gasteiger partial charge in [-0.2, -0.15) is 0 Å². The van der Waals surface area contributed by atoms with Crippen molar-refractivity contribution in [1.82, 2.24) is 0 Å². The van der Waals surface area contributed by atoms with Gasteiger partial charge in [0.15, 0.2) is 0 Å². The molecule has 0 fully saturated rings. The van der Waals surface area contributed by atoms with Crippen LogP contribution in [-0.4, -0.2) is 37.7 Å². The van der Waals surface area contributed by atoms with Crippen LogP contribution >= 0.6 is 0 Å². The maximum Gasteiger partial charge on any atom is 0.348 e. The van der Waals surface area contributed by atoms with Gasteiger partial charge in [0.2, 0.25) is 6.10 Å². The first kappa shape index (κ1) is 14.9. The number of hydrogen-bond donors (Lipinski definition) is 0. The molecule has 0 heterocycles. The Morgan fingerprint density at radius 1 is 1.12 bits per heavy atom. The average molecular weight is 242 g/mol. The van der Waals surface area contributed by atoms with Gasteiger partial charge in [-0.1, -0.05) is 25.3 Å². The molecule has 0 spiro atoms. The zero-order chi connectivity index (χ0) is 13.1. The van der Waals surface area contributed by atoms with Gasteiger partial charge in [-0.25, -0.2) is 4.79 Å². The van der Waals surface area contributed by atoms with Crippen molar-refractivity contribution in [3.63, 3.8) is 0 Å². The van der Waals surface area contributed by atoms with E-state index in [4.69, 9.17) is 0 Å². The van der Waals surface area contributed by atoms with E-state index in [9.17, 15) is 14.4 Å². The van der Waals surface area contributed by atoms with Gasteiger partial charge in [-0.3, -0.25) is 9.59 Å². The summed E-state index contributed by atoms with van der Waals surface area (Å²) in [7, 11) is 0. The standard InChI is InChI=1S/C11H14O6/c1-3-5-15-10(13)7-9(17-8-12)11(14)16-6-4-2/h3-4,8-9H,1-2,5-7H2. The molecule has 6 nitrogen and oxygen atoms in total. The predicted octanol–water partition coefficient (Wildman–Crippen LogP) is 0.376. The van der Waals surface area contributed by atoms with Crippen LogP contribution in [-0.2, 0) is 28.6 Å². The summed E-state index contributed by atoms with van der Waals surface area (Å²) in [5.74, 6) is -1.51. The molecule has 0 aromatic carbocycles. The van der Waals surface area contributed by atoms with Crippen LogP contribution in [0.25, 0.3) is 0 Å². The first-order chi connectivity index (χ1) is 8.15. The number of carbonyl (C=O) groups excluding carboxylic acids is 3. The molecule has 0 amide bonds. The van der Waals surface area contributed by atoms with Gasteiger partial charge in [0.05, 0.1) is 6.42 Å². The smallest absolute Gasteiger partial charge is 0.348 e. The van der Waals surface area contributed by atoms with E-state index in [1.54, 1.807) is 0 Å². The number of rotatable bonds is 9. The molecular weight excluding hydrogens is 228 g/mol. The van der Waals surface area contributed by atoms with E-state index in [-0.39, 0.29) is 19.7 Å². The Balaban J connectivity index is 4.25. The number of esters is 2. The van der Waals surface area contributed by atoms with Gasteiger partial charge >= 0.3 is 11.9 Å². The minimum atomic E-state index is -1.30. The Morgan fingerprint density at radius 2 is 1.71 bits per heavy atom. The molecule has 0 N–H and O–H groups in total. The van der Waals surface area contributed by atoms with Crippen LogP contribution in [0.3, 0.4) is 0 Å². The third-order valence-corrected chi connectivity index (χ3v) is 1.54. The fourth-order valence-electron chi connectivity index (χ4n) is 0.850. The van der Waals surface area contributed by atoms with Gasteiger partial charge in [-0.05, 0) is 0 Å². The van der Waals surface area contributed by atoms with E-state index < -0.39 is 24.5 Å². The summed E-state index contributed by atoms with van der Waals surface area (Å²) in [5.41, 5.74) is 0. The summed E-state index contributed by atoms with van der Waals surface area (Å²) >= 11 is 0. The molecule has 0 radical (unpaired) electrons. The Hall–Kier alpha value is -2.11. The molecule has 0 saturated carbocycles. The molecule has 17 heavy (non-hydrogen) atoms. The van der Waals surface area contributed by atoms with Crippen molar-refractivity contribution < 1.29 is 28.6 Å². The minimum absolute atomic E-state index is 0.0222. The van der Waals surface area contributed by atoms with Gasteiger partial charge in [0.25, 0.3) is 6.47 Å². The van der Waals surface area contributed by atoms with Gasteiger partial charge < -0.3 is 14.2 Å². The molecule has 0 rings (SSSR count). The first-order valence-electron chi connectivity index (χ1n) is 4.78. The second kappa shape index (κ2) is 9.14. The van der Waals surface area contributed by atoms with E-state index in [0.717, 1.165) is 0 Å². The molecule has 1 unspecified atom stereocenters. The van der Waals surface area contributed by atoms with E-state index in [2.05, 4.69) is 27.4 Å². The largest absolute Gasteiger partial charge is 0.461 e. The molecule has 0 aliphatic rings. The second-order valence-corrected chi connectivity index (χ2v) is 2.82. The molecule has 0 aromatic heterocycles. The summed E-state index contributed by atoms with van der Waals surface area (Å²) in [4.78, 5) is 32.7. The summed E-state index contributed by atoms with van der Waals surface area (Å²) < 4.78 is 13.7. The van der Waals surface area contributed by atoms with Gasteiger partial charge in [0, 0.05) is 0 Å². The van der Waals surface area contributed by atoms with Crippen LogP contribution in [0, 0.1) is 0 Å². The van der Waals surface area contributed by atoms with Gasteiger partial charge in [0.1, 0.15) is 13.2 Å². The highest BCUT2D eigenvalue weighted by molar-refractivity contribution is 5.82. The monoisotopic (exact) mass is 242 g/mol. The van der Waals surface area contributed by atoms with Crippen molar-refractivity contribution in [2.45, 2.75) is 12.5 Å². The van der Waals surface area contributed by atoms with E-state index in [0.29, 0.717) is 0 Å². The summed E-state index contributed by atoms with van der Waals surface area (Å²) in [5, 5.41) is 0. The second-order valence-electron chi connectivity index (χ2n) is 2.82. The maximum atomic E-state index is 11.3. The highest BCUT2D eigenvalue weighted by atomic mass is 16.6. The molecule has 0 aliphatic heterocycles. The lowest BCUT2D eigenvalue weighted by atomic mass is 10.2. The maximum absolute atomic E-state index is 11.3. The van der Waals surface area contributed by atoms with Crippen LogP contribution in [0.5, 0.6) is 0 Å². The van der Waals surface area contributed by atoms with Crippen molar-refractivity contribution in [1.29, 1.82) is 0 Å². The molecule has 0 saturated heterocycles. The zero-order valence-electron chi connectivity index (χ0n) is 9.29. The molecule has 6 heteroatoms. The van der Waals surface area contributed by atoms with E-state index >= 15 is 0 Å². The molecule has 1 atom stereocenters. The molecule has 0 aliphatic carbocycles. The highest BCUT2D eigenvalue weighted by Crippen LogP contribution is 2.03. The van der Waals surface area contributed by atoms with Crippen LogP contribution in [0.1, 0.15) is 6.42 Å². The van der Waals surface area contributed by atoms with Crippen LogP contribution < -0.4 is 0 Å². The van der Waals surface area contributed by atoms with Crippen LogP contribution in [0.2, 0.25) is 0 Å². The number of hydrogen-bond acceptors (Lipinski definition) is 6. The van der Waals surface area contributed by atoms with E-state index in [1.807, 2.05) is 0 Å². The van der Waals surface area contributed by atoms with E-state index in [1.165, 1.54) is 12.2 Å². The van der Waals surface area contributed by atoms with Crippen LogP contribution in [0.4, 0.5) is 0 Å². The van der Waals surface area contributed by atoms with Crippen molar-refractivity contribution in [3.05, 3.63) is 25.3 Å². The molecule has 0 bridgehead atoms. The van der Waals surface area contributed by atoms with Crippen molar-refractivity contribution in [2.75, 3.05) is 13.2 Å². The summed E-state index contributed by atoms with van der Waals surface area (Å²) in [6, 6.07) is 0.